The predicted octanol–water partition coefficient (Wildman–Crippen LogP) is -1.95. The standard InChI is InChI=1S/Al.B2.Ce.3H/c;1-2;;;;. The first-order valence-corrected chi connectivity index (χ1v) is 0.333. The van der Waals surface area contributed by atoms with E-state index in [4.69, 9.17) is 0 Å². The zero-order valence-corrected chi connectivity index (χ0v) is 4.79. The van der Waals surface area contributed by atoms with Crippen LogP contribution in [-0.4, -0.2) is 32.8 Å². The fourth-order valence-electron chi connectivity index (χ4n) is 0. The third-order valence-corrected chi connectivity index (χ3v) is 0. The molecule has 0 rings (SSSR count). The van der Waals surface area contributed by atoms with Crippen molar-refractivity contribution in [2.24, 2.45) is 0 Å². The van der Waals surface area contributed by atoms with Crippen molar-refractivity contribution in [1.82, 2.24) is 0 Å². The molecule has 0 heterocycles. The van der Waals surface area contributed by atoms with Crippen molar-refractivity contribution >= 4 is 32.8 Å². The maximum atomic E-state index is 4.00. The predicted molar refractivity (Wildman–Crippen MR) is 21.4 cm³/mol. The summed E-state index contributed by atoms with van der Waals surface area (Å²) in [6.07, 6.45) is 0. The Kier molecular flexibility index (Phi) is 82.1. The monoisotopic (exact) mass is 192 g/mol. The molecule has 16 valence electrons. The van der Waals surface area contributed by atoms with E-state index in [-0.39, 0.29) is 59.1 Å². The van der Waals surface area contributed by atoms with Crippen LogP contribution in [0.1, 0.15) is 0 Å². The minimum atomic E-state index is 0. The van der Waals surface area contributed by atoms with Gasteiger partial charge in [0.05, 0.1) is 0 Å². The van der Waals surface area contributed by atoms with E-state index in [1.807, 2.05) is 0 Å². The van der Waals surface area contributed by atoms with Crippen LogP contribution in [0.4, 0.5) is 0 Å². The average molecular weight is 192 g/mol. The van der Waals surface area contributed by atoms with Crippen LogP contribution in [-0.2, 0) is 0 Å². The first-order valence-electron chi connectivity index (χ1n) is 0.333. The Morgan fingerprint density at radius 2 is 1.00 bits per heavy atom. The van der Waals surface area contributed by atoms with Crippen LogP contribution >= 0.6 is 0 Å². The summed E-state index contributed by atoms with van der Waals surface area (Å²) >= 11 is 0. The molecular formula is H3AlB2Ce. The Morgan fingerprint density at radius 1 is 1.00 bits per heavy atom. The Balaban J connectivity index is -0.00000000500. The Bertz CT molecular complexity index is 6.00. The largest absolute Gasteiger partial charge is 0.187 e. The third kappa shape index (κ3) is 8.97. The molecule has 0 amide bonds. The first kappa shape index (κ1) is 16.6. The van der Waals surface area contributed by atoms with Crippen LogP contribution in [0.15, 0.2) is 0 Å². The van der Waals surface area contributed by atoms with Gasteiger partial charge in [-0.1, -0.05) is 0 Å². The maximum Gasteiger partial charge on any atom is 0.187 e. The average Bonchev–Trinajstić information content (AvgIpc) is 1.00. The van der Waals surface area contributed by atoms with Gasteiger partial charge in [0.1, 0.15) is 0 Å². The molecule has 0 unspecified atom stereocenters. The van der Waals surface area contributed by atoms with Gasteiger partial charge in [-0.05, 0) is 0 Å². The van der Waals surface area contributed by atoms with E-state index in [2.05, 4.69) is 15.5 Å². The van der Waals surface area contributed by atoms with Crippen molar-refractivity contribution in [2.45, 2.75) is 0 Å². The zero-order chi connectivity index (χ0) is 2.00. The molecule has 0 aromatic heterocycles. The van der Waals surface area contributed by atoms with E-state index in [1.54, 1.807) is 0 Å². The van der Waals surface area contributed by atoms with Gasteiger partial charge in [0.15, 0.2) is 17.4 Å². The van der Waals surface area contributed by atoms with E-state index in [9.17, 15) is 0 Å². The summed E-state index contributed by atoms with van der Waals surface area (Å²) < 4.78 is 0. The minimum absolute atomic E-state index is 0. The maximum absolute atomic E-state index is 4.00. The van der Waals surface area contributed by atoms with Crippen molar-refractivity contribution < 1.29 is 41.7 Å². The van der Waals surface area contributed by atoms with Crippen LogP contribution in [0.25, 0.3) is 0 Å². The second-order valence-electron chi connectivity index (χ2n) is 0. The SMILES string of the molecule is [AlH3].[B][B].[Ce]. The van der Waals surface area contributed by atoms with Crippen LogP contribution < -0.4 is 0 Å². The smallest absolute Gasteiger partial charge is 0 e. The van der Waals surface area contributed by atoms with E-state index in [1.165, 1.54) is 0 Å². The molecule has 0 aliphatic rings. The first-order chi connectivity index (χ1) is 1.00. The summed E-state index contributed by atoms with van der Waals surface area (Å²) in [5, 5.41) is 0. The molecular weight excluding hydrogens is 189 g/mol. The number of hydrogen-bond donors (Lipinski definition) is 0. The Morgan fingerprint density at radius 3 is 1.00 bits per heavy atom. The van der Waals surface area contributed by atoms with Gasteiger partial charge in [-0.15, -0.1) is 0 Å². The van der Waals surface area contributed by atoms with Gasteiger partial charge in [0, 0.05) is 57.2 Å². The summed E-state index contributed by atoms with van der Waals surface area (Å²) in [7, 11) is 8.00. The molecule has 0 aliphatic carbocycles. The molecule has 4 radical (unpaired) electrons. The molecule has 0 bridgehead atoms. The zero-order valence-electron chi connectivity index (χ0n) is 1.65. The minimum Gasteiger partial charge on any atom is 0 e. The fourth-order valence-corrected chi connectivity index (χ4v) is 0. The van der Waals surface area contributed by atoms with Gasteiger partial charge in [0.2, 0.25) is 0 Å². The van der Waals surface area contributed by atoms with Gasteiger partial charge in [-0.3, -0.25) is 0 Å². The molecule has 0 saturated carbocycles. The molecule has 0 saturated heterocycles. The van der Waals surface area contributed by atoms with Crippen LogP contribution in [0.5, 0.6) is 0 Å². The fraction of sp³-hybridized carbons (Fsp3) is 0. The molecule has 4 heavy (non-hydrogen) atoms. The Hall–Kier alpha value is 2.04. The summed E-state index contributed by atoms with van der Waals surface area (Å²) in [4.78, 5) is 0. The summed E-state index contributed by atoms with van der Waals surface area (Å²) in [6.45, 7) is 0. The molecule has 0 aromatic carbocycles. The van der Waals surface area contributed by atoms with Crippen LogP contribution in [0.2, 0.25) is 0 Å². The Labute approximate surface area is 73.4 Å². The number of hydrogen-bond acceptors (Lipinski definition) is 0. The third-order valence-electron chi connectivity index (χ3n) is 0. The van der Waals surface area contributed by atoms with Crippen molar-refractivity contribution in [2.75, 3.05) is 0 Å². The van der Waals surface area contributed by atoms with Crippen molar-refractivity contribution in [3.05, 3.63) is 0 Å². The summed E-state index contributed by atoms with van der Waals surface area (Å²) in [6, 6.07) is 0. The second-order valence-corrected chi connectivity index (χ2v) is 0. The molecule has 0 aromatic rings. The van der Waals surface area contributed by atoms with Crippen LogP contribution in [0.3, 0.4) is 0 Å². The summed E-state index contributed by atoms with van der Waals surface area (Å²) in [5.74, 6) is 0. The van der Waals surface area contributed by atoms with E-state index < -0.39 is 0 Å². The quantitative estimate of drug-likeness (QED) is 0.391. The van der Waals surface area contributed by atoms with Crippen LogP contribution in [0, 0.1) is 41.7 Å². The van der Waals surface area contributed by atoms with Crippen molar-refractivity contribution in [1.29, 1.82) is 0 Å². The van der Waals surface area contributed by atoms with E-state index >= 15 is 0 Å². The molecule has 4 heteroatoms. The van der Waals surface area contributed by atoms with Crippen molar-refractivity contribution in [3.63, 3.8) is 0 Å². The molecule has 0 spiro atoms. The molecule has 0 fully saturated rings. The normalized spacial score (nSPS) is 1.00. The van der Waals surface area contributed by atoms with E-state index in [0.717, 1.165) is 0 Å². The van der Waals surface area contributed by atoms with Gasteiger partial charge < -0.3 is 0 Å². The molecule has 0 nitrogen and oxygen atoms in total. The van der Waals surface area contributed by atoms with Gasteiger partial charge in [0.25, 0.3) is 0 Å². The molecule has 0 N–H and O–H groups in total. The molecule has 0 atom stereocenters. The van der Waals surface area contributed by atoms with Gasteiger partial charge >= 0.3 is 0 Å². The summed E-state index contributed by atoms with van der Waals surface area (Å²) in [5.41, 5.74) is 0. The van der Waals surface area contributed by atoms with Gasteiger partial charge in [-0.25, -0.2) is 0 Å². The molecule has 0 aliphatic heterocycles. The topological polar surface area (TPSA) is 0 Å². The van der Waals surface area contributed by atoms with Crippen molar-refractivity contribution in [3.8, 4) is 0 Å². The number of rotatable bonds is 0. The van der Waals surface area contributed by atoms with E-state index in [0.29, 0.717) is 0 Å². The second kappa shape index (κ2) is 19.8. The van der Waals surface area contributed by atoms with Gasteiger partial charge in [-0.2, -0.15) is 0 Å².